The van der Waals surface area contributed by atoms with E-state index in [0.29, 0.717) is 0 Å². The first-order valence-corrected chi connectivity index (χ1v) is 6.27. The molecule has 0 saturated carbocycles. The summed E-state index contributed by atoms with van der Waals surface area (Å²) in [6, 6.07) is 1.82. The van der Waals surface area contributed by atoms with E-state index in [1.807, 2.05) is 0 Å². The third-order valence-corrected chi connectivity index (χ3v) is 3.32. The summed E-state index contributed by atoms with van der Waals surface area (Å²) >= 11 is 16.8. The third kappa shape index (κ3) is 4.96. The van der Waals surface area contributed by atoms with Crippen LogP contribution in [0.25, 0.3) is 0 Å². The first kappa shape index (κ1) is 18.9. The van der Waals surface area contributed by atoms with Crippen molar-refractivity contribution in [1.29, 1.82) is 0 Å². The molecule has 0 radical (unpaired) electrons. The Bertz CT molecular complexity index is 600. The molecule has 2 nitrogen and oxygen atoms in total. The molecular formula is C11H4Cl3F6NO. The second kappa shape index (κ2) is 6.55. The SMILES string of the molecule is O=C(/C=C(/Nc1cc(Cl)c(Cl)c(Cl)c1)C(F)(F)F)C(F)(F)F. The normalized spacial score (nSPS) is 13.2. The highest BCUT2D eigenvalue weighted by molar-refractivity contribution is 6.48. The zero-order chi connectivity index (χ0) is 17.3. The fourth-order valence-electron chi connectivity index (χ4n) is 1.18. The summed E-state index contributed by atoms with van der Waals surface area (Å²) in [5, 5.41) is 1.03. The molecule has 122 valence electrons. The Morgan fingerprint density at radius 1 is 0.955 bits per heavy atom. The third-order valence-electron chi connectivity index (χ3n) is 2.12. The minimum Gasteiger partial charge on any atom is -0.351 e. The molecule has 0 saturated heterocycles. The van der Waals surface area contributed by atoms with Gasteiger partial charge in [-0.2, -0.15) is 26.3 Å². The molecule has 1 N–H and O–H groups in total. The van der Waals surface area contributed by atoms with Crippen LogP contribution in [0.15, 0.2) is 23.9 Å². The summed E-state index contributed by atoms with van der Waals surface area (Å²) in [5.41, 5.74) is -2.32. The Morgan fingerprint density at radius 3 is 1.77 bits per heavy atom. The maximum atomic E-state index is 12.7. The van der Waals surface area contributed by atoms with E-state index < -0.39 is 35.6 Å². The molecule has 0 aliphatic heterocycles. The van der Waals surface area contributed by atoms with Crippen LogP contribution in [-0.2, 0) is 4.79 Å². The van der Waals surface area contributed by atoms with E-state index in [2.05, 4.69) is 0 Å². The van der Waals surface area contributed by atoms with Gasteiger partial charge in [-0.25, -0.2) is 0 Å². The molecule has 11 heteroatoms. The predicted octanol–water partition coefficient (Wildman–Crippen LogP) is 5.64. The lowest BCUT2D eigenvalue weighted by molar-refractivity contribution is -0.165. The largest absolute Gasteiger partial charge is 0.454 e. The highest BCUT2D eigenvalue weighted by Crippen LogP contribution is 2.35. The van der Waals surface area contributed by atoms with Crippen LogP contribution >= 0.6 is 34.8 Å². The van der Waals surface area contributed by atoms with E-state index in [-0.39, 0.29) is 15.1 Å². The molecule has 0 heterocycles. The minimum atomic E-state index is -5.44. The number of anilines is 1. The average molecular weight is 387 g/mol. The van der Waals surface area contributed by atoms with Gasteiger partial charge in [-0.15, -0.1) is 0 Å². The van der Waals surface area contributed by atoms with Crippen LogP contribution in [0.4, 0.5) is 32.0 Å². The number of ketones is 1. The average Bonchev–Trinajstić information content (AvgIpc) is 2.32. The molecule has 0 aliphatic carbocycles. The maximum Gasteiger partial charge on any atom is 0.454 e. The molecule has 0 aliphatic rings. The fraction of sp³-hybridized carbons (Fsp3) is 0.182. The molecule has 0 amide bonds. The molecule has 0 aromatic heterocycles. The van der Waals surface area contributed by atoms with Crippen molar-refractivity contribution in [2.24, 2.45) is 0 Å². The highest BCUT2D eigenvalue weighted by Gasteiger charge is 2.41. The second-order valence-electron chi connectivity index (χ2n) is 3.80. The maximum absolute atomic E-state index is 12.7. The van der Waals surface area contributed by atoms with Gasteiger partial charge < -0.3 is 5.32 Å². The standard InChI is InChI=1S/C11H4Cl3F6NO/c12-5-1-4(2-6(13)9(5)14)21-7(10(15,16)17)3-8(22)11(18,19)20/h1-3,21H/b7-3+. The Hall–Kier alpha value is -1.12. The van der Waals surface area contributed by atoms with Gasteiger partial charge in [0.15, 0.2) is 0 Å². The van der Waals surface area contributed by atoms with Gasteiger partial charge in [0, 0.05) is 11.8 Å². The molecule has 0 bridgehead atoms. The highest BCUT2D eigenvalue weighted by atomic mass is 35.5. The topological polar surface area (TPSA) is 29.1 Å². The van der Waals surface area contributed by atoms with Crippen molar-refractivity contribution in [1.82, 2.24) is 0 Å². The Labute approximate surface area is 134 Å². The number of carbonyl (C=O) groups excluding carboxylic acids is 1. The van der Waals surface area contributed by atoms with Gasteiger partial charge in [-0.3, -0.25) is 4.79 Å². The molecule has 0 spiro atoms. The van der Waals surface area contributed by atoms with Gasteiger partial charge in [0.2, 0.25) is 0 Å². The molecule has 1 aromatic rings. The summed E-state index contributed by atoms with van der Waals surface area (Å²) < 4.78 is 74.3. The van der Waals surface area contributed by atoms with Crippen molar-refractivity contribution in [2.75, 3.05) is 5.32 Å². The lowest BCUT2D eigenvalue weighted by atomic mass is 10.2. The number of hydrogen-bond acceptors (Lipinski definition) is 2. The molecule has 1 aromatic carbocycles. The van der Waals surface area contributed by atoms with Gasteiger partial charge in [-0.05, 0) is 12.1 Å². The van der Waals surface area contributed by atoms with E-state index in [9.17, 15) is 31.1 Å². The zero-order valence-electron chi connectivity index (χ0n) is 10.0. The summed E-state index contributed by atoms with van der Waals surface area (Å²) in [6.45, 7) is 0. The monoisotopic (exact) mass is 385 g/mol. The molecule has 22 heavy (non-hydrogen) atoms. The number of allylic oxidation sites excluding steroid dienone is 2. The molecule has 1 rings (SSSR count). The molecule has 0 fully saturated rings. The van der Waals surface area contributed by atoms with E-state index >= 15 is 0 Å². The van der Waals surface area contributed by atoms with Gasteiger partial charge in [0.1, 0.15) is 5.70 Å². The zero-order valence-corrected chi connectivity index (χ0v) is 12.3. The lowest BCUT2D eigenvalue weighted by Gasteiger charge is -2.15. The smallest absolute Gasteiger partial charge is 0.351 e. The number of hydrogen-bond donors (Lipinski definition) is 1. The first-order valence-electron chi connectivity index (χ1n) is 5.14. The van der Waals surface area contributed by atoms with Gasteiger partial charge >= 0.3 is 12.4 Å². The van der Waals surface area contributed by atoms with Crippen LogP contribution in [0.1, 0.15) is 0 Å². The van der Waals surface area contributed by atoms with E-state index in [1.54, 1.807) is 5.32 Å². The van der Waals surface area contributed by atoms with E-state index in [0.717, 1.165) is 12.1 Å². The van der Waals surface area contributed by atoms with Crippen LogP contribution in [0.3, 0.4) is 0 Å². The van der Waals surface area contributed by atoms with Crippen molar-refractivity contribution in [3.05, 3.63) is 39.0 Å². The number of carbonyl (C=O) groups is 1. The van der Waals surface area contributed by atoms with Crippen LogP contribution in [0.2, 0.25) is 15.1 Å². The van der Waals surface area contributed by atoms with E-state index in [1.165, 1.54) is 0 Å². The number of benzene rings is 1. The Kier molecular flexibility index (Phi) is 5.64. The summed E-state index contributed by atoms with van der Waals surface area (Å²) in [7, 11) is 0. The van der Waals surface area contributed by atoms with Gasteiger partial charge in [-0.1, -0.05) is 34.8 Å². The van der Waals surface area contributed by atoms with Crippen molar-refractivity contribution in [3.8, 4) is 0 Å². The molecular weight excluding hydrogens is 382 g/mol. The molecule has 0 unspecified atom stereocenters. The Balaban J connectivity index is 3.22. The summed E-state index contributed by atoms with van der Waals surface area (Å²) in [6.07, 6.45) is -11.3. The Morgan fingerprint density at radius 2 is 1.41 bits per heavy atom. The van der Waals surface area contributed by atoms with Crippen molar-refractivity contribution >= 4 is 46.3 Å². The van der Waals surface area contributed by atoms with Gasteiger partial charge in [0.05, 0.1) is 15.1 Å². The quantitative estimate of drug-likeness (QED) is 0.414. The second-order valence-corrected chi connectivity index (χ2v) is 4.99. The molecule has 0 atom stereocenters. The van der Waals surface area contributed by atoms with Crippen molar-refractivity contribution in [2.45, 2.75) is 12.4 Å². The summed E-state index contributed by atoms with van der Waals surface area (Å²) in [4.78, 5) is 10.7. The van der Waals surface area contributed by atoms with E-state index in [4.69, 9.17) is 34.8 Å². The number of rotatable bonds is 3. The number of halogens is 9. The van der Waals surface area contributed by atoms with Crippen LogP contribution in [-0.4, -0.2) is 18.1 Å². The van der Waals surface area contributed by atoms with Crippen LogP contribution in [0.5, 0.6) is 0 Å². The van der Waals surface area contributed by atoms with Crippen molar-refractivity contribution < 1.29 is 31.1 Å². The van der Waals surface area contributed by atoms with Crippen LogP contribution in [0, 0.1) is 0 Å². The first-order chi connectivity index (χ1) is 9.82. The number of alkyl halides is 6. The number of nitrogens with one attached hydrogen (secondary N) is 1. The predicted molar refractivity (Wildman–Crippen MR) is 70.3 cm³/mol. The van der Waals surface area contributed by atoms with Gasteiger partial charge in [0.25, 0.3) is 5.78 Å². The minimum absolute atomic E-state index is 0.141. The van der Waals surface area contributed by atoms with Crippen molar-refractivity contribution in [3.63, 3.8) is 0 Å². The fourth-order valence-corrected chi connectivity index (χ4v) is 1.78. The summed E-state index contributed by atoms with van der Waals surface area (Å²) in [5.74, 6) is -2.67. The van der Waals surface area contributed by atoms with Crippen LogP contribution < -0.4 is 5.32 Å². The lowest BCUT2D eigenvalue weighted by Crippen LogP contribution is -2.26.